The SMILES string of the molecule is COCC(C)OCCCOc1ccccc1C(N)=S. The average Bonchev–Trinajstić information content (AvgIpc) is 2.39. The standard InChI is InChI=1S/C14H21NO3S/c1-11(10-16-2)17-8-5-9-18-13-7-4-3-6-12(13)14(15)19/h3-4,6-7,11H,5,8-10H2,1-2H3,(H2,15,19). The summed E-state index contributed by atoms with van der Waals surface area (Å²) >= 11 is 4.97. The van der Waals surface area contributed by atoms with Crippen LogP contribution in [0.25, 0.3) is 0 Å². The number of ether oxygens (including phenoxy) is 3. The molecule has 19 heavy (non-hydrogen) atoms. The Bertz CT molecular complexity index is 398. The van der Waals surface area contributed by atoms with Crippen molar-refractivity contribution in [3.63, 3.8) is 0 Å². The van der Waals surface area contributed by atoms with Crippen molar-refractivity contribution < 1.29 is 14.2 Å². The van der Waals surface area contributed by atoms with Gasteiger partial charge in [0.2, 0.25) is 0 Å². The quantitative estimate of drug-likeness (QED) is 0.556. The summed E-state index contributed by atoms with van der Waals surface area (Å²) in [5.74, 6) is 0.722. The monoisotopic (exact) mass is 283 g/mol. The highest BCUT2D eigenvalue weighted by molar-refractivity contribution is 7.80. The number of benzene rings is 1. The molecule has 0 aliphatic heterocycles. The minimum atomic E-state index is 0.105. The highest BCUT2D eigenvalue weighted by Gasteiger charge is 2.05. The maximum atomic E-state index is 5.66. The van der Waals surface area contributed by atoms with Gasteiger partial charge in [-0.3, -0.25) is 0 Å². The van der Waals surface area contributed by atoms with E-state index in [9.17, 15) is 0 Å². The summed E-state index contributed by atoms with van der Waals surface area (Å²) in [6.07, 6.45) is 0.911. The van der Waals surface area contributed by atoms with Gasteiger partial charge in [0.15, 0.2) is 0 Å². The zero-order valence-corrected chi connectivity index (χ0v) is 12.2. The van der Waals surface area contributed by atoms with E-state index in [1.165, 1.54) is 0 Å². The van der Waals surface area contributed by atoms with Gasteiger partial charge in [0.05, 0.1) is 31.5 Å². The number of para-hydroxylation sites is 1. The topological polar surface area (TPSA) is 53.7 Å². The summed E-state index contributed by atoms with van der Waals surface area (Å²) in [7, 11) is 1.66. The Labute approximate surface area is 119 Å². The molecule has 0 saturated heterocycles. The van der Waals surface area contributed by atoms with E-state index in [1.54, 1.807) is 7.11 Å². The first kappa shape index (κ1) is 15.9. The third kappa shape index (κ3) is 6.00. The lowest BCUT2D eigenvalue weighted by atomic mass is 10.2. The van der Waals surface area contributed by atoms with Crippen LogP contribution in [0.2, 0.25) is 0 Å². The Morgan fingerprint density at radius 2 is 2.05 bits per heavy atom. The van der Waals surface area contributed by atoms with Crippen molar-refractivity contribution in [2.45, 2.75) is 19.4 Å². The lowest BCUT2D eigenvalue weighted by Crippen LogP contribution is -2.17. The van der Waals surface area contributed by atoms with Crippen molar-refractivity contribution in [3.05, 3.63) is 29.8 Å². The first-order valence-corrected chi connectivity index (χ1v) is 6.68. The molecule has 2 N–H and O–H groups in total. The largest absolute Gasteiger partial charge is 0.493 e. The molecule has 106 valence electrons. The molecule has 0 spiro atoms. The third-order valence-electron chi connectivity index (χ3n) is 2.50. The highest BCUT2D eigenvalue weighted by atomic mass is 32.1. The third-order valence-corrected chi connectivity index (χ3v) is 2.72. The molecule has 0 saturated carbocycles. The van der Waals surface area contributed by atoms with Gasteiger partial charge in [0.25, 0.3) is 0 Å². The maximum Gasteiger partial charge on any atom is 0.129 e. The van der Waals surface area contributed by atoms with E-state index in [1.807, 2.05) is 31.2 Å². The van der Waals surface area contributed by atoms with Gasteiger partial charge in [-0.25, -0.2) is 0 Å². The molecule has 0 heterocycles. The summed E-state index contributed by atoms with van der Waals surface area (Å²) in [5.41, 5.74) is 6.40. The van der Waals surface area contributed by atoms with Crippen molar-refractivity contribution in [2.24, 2.45) is 5.73 Å². The second-order valence-corrected chi connectivity index (χ2v) is 4.64. The second-order valence-electron chi connectivity index (χ2n) is 4.20. The molecule has 0 amide bonds. The fourth-order valence-corrected chi connectivity index (χ4v) is 1.77. The van der Waals surface area contributed by atoms with Crippen LogP contribution in [-0.4, -0.2) is 38.0 Å². The predicted molar refractivity (Wildman–Crippen MR) is 79.7 cm³/mol. The Balaban J connectivity index is 2.28. The Hall–Kier alpha value is -1.17. The van der Waals surface area contributed by atoms with Crippen LogP contribution in [0.15, 0.2) is 24.3 Å². The average molecular weight is 283 g/mol. The molecule has 5 heteroatoms. The molecule has 0 aliphatic carbocycles. The van der Waals surface area contributed by atoms with E-state index in [-0.39, 0.29) is 6.10 Å². The fourth-order valence-electron chi connectivity index (χ4n) is 1.60. The first-order valence-electron chi connectivity index (χ1n) is 6.27. The molecule has 1 atom stereocenters. The van der Waals surface area contributed by atoms with Crippen LogP contribution in [0.3, 0.4) is 0 Å². The Morgan fingerprint density at radius 1 is 1.32 bits per heavy atom. The smallest absolute Gasteiger partial charge is 0.129 e. The molecule has 1 rings (SSSR count). The normalized spacial score (nSPS) is 12.1. The molecule has 1 unspecified atom stereocenters. The number of hydrogen-bond donors (Lipinski definition) is 1. The van der Waals surface area contributed by atoms with Gasteiger partial charge in [0, 0.05) is 13.5 Å². The van der Waals surface area contributed by atoms with Crippen LogP contribution >= 0.6 is 12.2 Å². The van der Waals surface area contributed by atoms with Crippen LogP contribution in [-0.2, 0) is 9.47 Å². The zero-order chi connectivity index (χ0) is 14.1. The van der Waals surface area contributed by atoms with Crippen LogP contribution in [0.5, 0.6) is 5.75 Å². The predicted octanol–water partition coefficient (Wildman–Crippen LogP) is 2.14. The van der Waals surface area contributed by atoms with Crippen LogP contribution in [0.1, 0.15) is 18.9 Å². The van der Waals surface area contributed by atoms with E-state index in [4.69, 9.17) is 32.2 Å². The highest BCUT2D eigenvalue weighted by Crippen LogP contribution is 2.17. The lowest BCUT2D eigenvalue weighted by molar-refractivity contribution is 0.00508. The molecule has 0 aromatic heterocycles. The lowest BCUT2D eigenvalue weighted by Gasteiger charge is -2.13. The fraction of sp³-hybridized carbons (Fsp3) is 0.500. The van der Waals surface area contributed by atoms with E-state index in [0.29, 0.717) is 24.8 Å². The van der Waals surface area contributed by atoms with E-state index in [0.717, 1.165) is 17.7 Å². The number of methoxy groups -OCH3 is 1. The first-order chi connectivity index (χ1) is 9.15. The van der Waals surface area contributed by atoms with Crippen LogP contribution < -0.4 is 10.5 Å². The van der Waals surface area contributed by atoms with E-state index in [2.05, 4.69) is 0 Å². The Kier molecular flexibility index (Phi) is 7.40. The number of hydrogen-bond acceptors (Lipinski definition) is 4. The maximum absolute atomic E-state index is 5.66. The molecule has 0 aliphatic rings. The van der Waals surface area contributed by atoms with Crippen LogP contribution in [0.4, 0.5) is 0 Å². The van der Waals surface area contributed by atoms with Gasteiger partial charge >= 0.3 is 0 Å². The number of nitrogens with two attached hydrogens (primary N) is 1. The van der Waals surface area contributed by atoms with Gasteiger partial charge in [-0.1, -0.05) is 24.4 Å². The van der Waals surface area contributed by atoms with Crippen molar-refractivity contribution >= 4 is 17.2 Å². The number of rotatable bonds is 9. The second kappa shape index (κ2) is 8.85. The summed E-state index contributed by atoms with van der Waals surface area (Å²) in [4.78, 5) is 0.348. The summed E-state index contributed by atoms with van der Waals surface area (Å²) in [6, 6.07) is 7.50. The molecule has 1 aromatic rings. The van der Waals surface area contributed by atoms with E-state index >= 15 is 0 Å². The molecular formula is C14H21NO3S. The number of thiocarbonyl (C=S) groups is 1. The molecule has 0 fully saturated rings. The minimum Gasteiger partial charge on any atom is -0.493 e. The van der Waals surface area contributed by atoms with Gasteiger partial charge < -0.3 is 19.9 Å². The van der Waals surface area contributed by atoms with Gasteiger partial charge in [-0.15, -0.1) is 0 Å². The van der Waals surface area contributed by atoms with Crippen molar-refractivity contribution in [3.8, 4) is 5.75 Å². The molecule has 0 radical (unpaired) electrons. The van der Waals surface area contributed by atoms with Crippen molar-refractivity contribution in [1.29, 1.82) is 0 Å². The molecule has 4 nitrogen and oxygen atoms in total. The van der Waals surface area contributed by atoms with Gasteiger partial charge in [0.1, 0.15) is 10.7 Å². The summed E-state index contributed by atoms with van der Waals surface area (Å²) in [5, 5.41) is 0. The van der Waals surface area contributed by atoms with Crippen molar-refractivity contribution in [2.75, 3.05) is 26.9 Å². The molecule has 1 aromatic carbocycles. The van der Waals surface area contributed by atoms with Gasteiger partial charge in [-0.05, 0) is 19.1 Å². The van der Waals surface area contributed by atoms with Crippen LogP contribution in [0, 0.1) is 0 Å². The van der Waals surface area contributed by atoms with E-state index < -0.39 is 0 Å². The van der Waals surface area contributed by atoms with Crippen molar-refractivity contribution in [1.82, 2.24) is 0 Å². The Morgan fingerprint density at radius 3 is 2.74 bits per heavy atom. The summed E-state index contributed by atoms with van der Waals surface area (Å²) < 4.78 is 16.2. The molecular weight excluding hydrogens is 262 g/mol. The zero-order valence-electron chi connectivity index (χ0n) is 11.4. The summed E-state index contributed by atoms with van der Waals surface area (Å²) in [6.45, 7) is 3.79. The minimum absolute atomic E-state index is 0.105. The van der Waals surface area contributed by atoms with Gasteiger partial charge in [-0.2, -0.15) is 0 Å². The molecule has 0 bridgehead atoms.